The molecule has 1 rings (SSSR count). The predicted molar refractivity (Wildman–Crippen MR) is 238 cm³/mol. The van der Waals surface area contributed by atoms with E-state index in [2.05, 4.69) is 4.98 Å². The molecular weight excluding hydrogens is 931 g/mol. The molecule has 0 amide bonds. The summed E-state index contributed by atoms with van der Waals surface area (Å²) in [7, 11) is -2.34. The molecule has 0 saturated carbocycles. The highest BCUT2D eigenvalue weighted by Crippen LogP contribution is 2.38. The molecule has 0 bridgehead atoms. The van der Waals surface area contributed by atoms with Crippen molar-refractivity contribution in [1.29, 1.82) is 0 Å². The number of carbonyl (C=O) groups is 4. The van der Waals surface area contributed by atoms with Crippen molar-refractivity contribution in [3.8, 4) is 0 Å². The Kier molecular flexibility index (Phi) is 24.0. The van der Waals surface area contributed by atoms with Crippen molar-refractivity contribution in [1.82, 2.24) is 4.98 Å². The number of carboxylic acids is 1. The minimum Gasteiger partial charge on any atom is -0.481 e. The van der Waals surface area contributed by atoms with Gasteiger partial charge in [0.1, 0.15) is 36.7 Å². The molecule has 1 aromatic rings. The topological polar surface area (TPSA) is 168 Å². The number of aliphatic hydroxyl groups excluding tert-OH is 1. The summed E-state index contributed by atoms with van der Waals surface area (Å²) in [4.78, 5) is 55.3. The van der Waals surface area contributed by atoms with Crippen molar-refractivity contribution in [2.45, 2.75) is 132 Å². The summed E-state index contributed by atoms with van der Waals surface area (Å²) < 4.78 is 23.5. The molecule has 0 spiro atoms. The minimum absolute atomic E-state index is 0.145. The predicted octanol–water partition coefficient (Wildman–Crippen LogP) is 11.8. The molecule has 0 radical (unpaired) electrons. The number of carboxylic acid groups (broad SMARTS) is 1. The normalized spacial score (nSPS) is 15.9. The number of nitrogens with zero attached hydrogens (tertiary/aromatic N) is 1. The number of carbonyl (C=O) groups excluding carboxylic acids is 3. The summed E-state index contributed by atoms with van der Waals surface area (Å²) in [5, 5.41) is 22.9. The fourth-order valence-corrected chi connectivity index (χ4v) is 10.0. The SMILES string of the molecule is CC[Si](CC)(CC)O[C@@H](CC(=O)O)C(C)(C)C(=O)[C@H](C)[C@@H](OC(=O)OCC(Cl)(Cl)Cl)[C@@H](C)CC=CC(C)=CC[C@H](O)C(C)=Cc1csc(COC(=O)OCC(Cl)(Cl)Cl)n1. The van der Waals surface area contributed by atoms with Gasteiger partial charge in [-0.05, 0) is 62.4 Å². The van der Waals surface area contributed by atoms with E-state index in [0.717, 1.165) is 23.7 Å². The van der Waals surface area contributed by atoms with Crippen molar-refractivity contribution in [3.05, 3.63) is 45.5 Å². The van der Waals surface area contributed by atoms with Gasteiger partial charge in [0.2, 0.25) is 7.59 Å². The van der Waals surface area contributed by atoms with E-state index in [9.17, 15) is 29.4 Å². The molecule has 5 atom stereocenters. The smallest absolute Gasteiger partial charge is 0.481 e. The Labute approximate surface area is 382 Å². The van der Waals surface area contributed by atoms with Crippen LogP contribution < -0.4 is 0 Å². The van der Waals surface area contributed by atoms with Crippen molar-refractivity contribution in [2.24, 2.45) is 17.3 Å². The maximum atomic E-state index is 14.3. The van der Waals surface area contributed by atoms with Crippen LogP contribution in [0.3, 0.4) is 0 Å². The van der Waals surface area contributed by atoms with E-state index in [-0.39, 0.29) is 18.8 Å². The van der Waals surface area contributed by atoms with Gasteiger partial charge >= 0.3 is 18.3 Å². The van der Waals surface area contributed by atoms with Crippen molar-refractivity contribution < 1.29 is 52.8 Å². The first-order valence-electron chi connectivity index (χ1n) is 19.0. The molecule has 0 aliphatic carbocycles. The van der Waals surface area contributed by atoms with Gasteiger partial charge in [-0.3, -0.25) is 9.59 Å². The Morgan fingerprint density at radius 3 is 1.98 bits per heavy atom. The summed E-state index contributed by atoms with van der Waals surface area (Å²) in [6.07, 6.45) is 2.71. The fourth-order valence-electron chi connectivity index (χ4n) is 6.04. The number of ketones is 1. The second-order valence-electron chi connectivity index (χ2n) is 14.9. The van der Waals surface area contributed by atoms with Crippen LogP contribution in [0.4, 0.5) is 9.59 Å². The number of Topliss-reactive ketones (excluding diaryl/α,β-unsaturated/α-hetero) is 1. The van der Waals surface area contributed by atoms with Gasteiger partial charge in [0.05, 0.1) is 30.2 Å². The highest BCUT2D eigenvalue weighted by atomic mass is 35.6. The third kappa shape index (κ3) is 20.9. The molecule has 0 aromatic carbocycles. The highest BCUT2D eigenvalue weighted by Gasteiger charge is 2.47. The second kappa shape index (κ2) is 25.5. The van der Waals surface area contributed by atoms with Gasteiger partial charge in [0.15, 0.2) is 8.32 Å². The molecule has 0 saturated heterocycles. The quantitative estimate of drug-likeness (QED) is 0.0436. The van der Waals surface area contributed by atoms with Crippen LogP contribution in [0.25, 0.3) is 6.08 Å². The molecular formula is C39H57Cl6NO11SSi. The van der Waals surface area contributed by atoms with Gasteiger partial charge in [-0.1, -0.05) is 142 Å². The number of halogens is 6. The molecule has 12 nitrogen and oxygen atoms in total. The molecule has 2 N–H and O–H groups in total. The first kappa shape index (κ1) is 55.4. The number of alkyl halides is 6. The zero-order chi connectivity index (χ0) is 45.4. The molecule has 20 heteroatoms. The average molecular weight is 989 g/mol. The molecule has 0 aliphatic heterocycles. The van der Waals surface area contributed by atoms with Gasteiger partial charge in [-0.15, -0.1) is 11.3 Å². The molecule has 59 heavy (non-hydrogen) atoms. The van der Waals surface area contributed by atoms with Crippen LogP contribution in [0.15, 0.2) is 34.8 Å². The first-order chi connectivity index (χ1) is 27.2. The number of hydrogen-bond acceptors (Lipinski definition) is 12. The Morgan fingerprint density at radius 1 is 0.898 bits per heavy atom. The first-order valence-corrected chi connectivity index (χ1v) is 24.7. The lowest BCUT2D eigenvalue weighted by Crippen LogP contribution is -2.51. The van der Waals surface area contributed by atoms with Crippen molar-refractivity contribution in [2.75, 3.05) is 13.2 Å². The maximum Gasteiger partial charge on any atom is 0.508 e. The van der Waals surface area contributed by atoms with Crippen LogP contribution in [-0.2, 0) is 39.6 Å². The van der Waals surface area contributed by atoms with E-state index in [1.54, 1.807) is 39.2 Å². The van der Waals surface area contributed by atoms with Crippen LogP contribution in [0.5, 0.6) is 0 Å². The monoisotopic (exact) mass is 985 g/mol. The highest BCUT2D eigenvalue weighted by molar-refractivity contribution is 7.09. The van der Waals surface area contributed by atoms with E-state index in [1.807, 2.05) is 52.8 Å². The summed E-state index contributed by atoms with van der Waals surface area (Å²) in [6.45, 7) is 15.3. The third-order valence-corrected chi connectivity index (χ3v) is 16.0. The largest absolute Gasteiger partial charge is 0.508 e. The van der Waals surface area contributed by atoms with E-state index in [4.69, 9.17) is 93.0 Å². The lowest BCUT2D eigenvalue weighted by Gasteiger charge is -2.42. The van der Waals surface area contributed by atoms with Gasteiger partial charge in [-0.2, -0.15) is 0 Å². The number of thiazole rings is 1. The number of aliphatic hydroxyl groups is 1. The van der Waals surface area contributed by atoms with E-state index >= 15 is 0 Å². The van der Waals surface area contributed by atoms with Gasteiger partial charge < -0.3 is 33.6 Å². The number of ether oxygens (including phenoxy) is 4. The number of allylic oxidation sites excluding steroid dienone is 3. The number of aliphatic carboxylic acids is 1. The molecule has 1 aromatic heterocycles. The lowest BCUT2D eigenvalue weighted by atomic mass is 9.73. The Balaban J connectivity index is 3.12. The van der Waals surface area contributed by atoms with Crippen LogP contribution >= 0.6 is 80.9 Å². The van der Waals surface area contributed by atoms with Gasteiger partial charge in [-0.25, -0.2) is 14.6 Å². The lowest BCUT2D eigenvalue weighted by molar-refractivity contribution is -0.147. The average Bonchev–Trinajstić information content (AvgIpc) is 3.60. The number of hydrogen-bond donors (Lipinski definition) is 2. The number of rotatable bonds is 24. The van der Waals surface area contributed by atoms with Crippen molar-refractivity contribution in [3.63, 3.8) is 0 Å². The zero-order valence-corrected chi connectivity index (χ0v) is 41.2. The Morgan fingerprint density at radius 2 is 1.46 bits per heavy atom. The molecule has 336 valence electrons. The molecule has 0 fully saturated rings. The summed E-state index contributed by atoms with van der Waals surface area (Å²) >= 11 is 35.3. The van der Waals surface area contributed by atoms with E-state index in [1.165, 1.54) is 11.3 Å². The molecule has 1 heterocycles. The zero-order valence-electron chi connectivity index (χ0n) is 34.8. The maximum absolute atomic E-state index is 14.3. The van der Waals surface area contributed by atoms with Crippen LogP contribution in [-0.4, -0.2) is 86.7 Å². The van der Waals surface area contributed by atoms with Crippen molar-refractivity contribution >= 4 is 119 Å². The Hall–Kier alpha value is -1.59. The van der Waals surface area contributed by atoms with E-state index in [0.29, 0.717) is 29.1 Å². The van der Waals surface area contributed by atoms with Crippen LogP contribution in [0.2, 0.25) is 18.1 Å². The molecule has 0 unspecified atom stereocenters. The standard InChI is InChI=1S/C39H57Cl6NO11SSi/c1-10-59(11-2,12-3)57-30(19-32(48)49)37(8,9)34(50)27(7)33(56-36(52)55-23-39(43,44)45)25(5)15-13-14-24(4)16-17-29(47)26(6)18-28-21-58-31(46-28)20-53-35(51)54-22-38(40,41)42/h13-14,16,18,21,25,27,29-30,33,47H,10-12,15,17,19-20,22-23H2,1-9H3,(H,48,49)/t25-,27+,29-,30-,33-/m0/s1. The minimum atomic E-state index is -2.34. The third-order valence-electron chi connectivity index (χ3n) is 9.87. The Bertz CT molecular complexity index is 1610. The van der Waals surface area contributed by atoms with Crippen LogP contribution in [0.1, 0.15) is 92.3 Å². The second-order valence-corrected chi connectivity index (χ2v) is 25.6. The summed E-state index contributed by atoms with van der Waals surface area (Å²) in [6, 6.07) is 2.29. The summed E-state index contributed by atoms with van der Waals surface area (Å²) in [5.41, 5.74) is 0.800. The molecule has 0 aliphatic rings. The van der Waals surface area contributed by atoms with Gasteiger partial charge in [0, 0.05) is 10.8 Å². The number of aromatic nitrogens is 1. The van der Waals surface area contributed by atoms with E-state index < -0.39 is 83.0 Å². The fraction of sp³-hybridized carbons (Fsp3) is 0.667. The van der Waals surface area contributed by atoms with Crippen LogP contribution in [0, 0.1) is 17.3 Å². The summed E-state index contributed by atoms with van der Waals surface area (Å²) in [5.74, 6) is -2.76. The van der Waals surface area contributed by atoms with Gasteiger partial charge in [0.25, 0.3) is 0 Å².